The van der Waals surface area contributed by atoms with E-state index in [-0.39, 0.29) is 16.4 Å². The van der Waals surface area contributed by atoms with E-state index in [0.717, 1.165) is 87.1 Å². The van der Waals surface area contributed by atoms with Crippen molar-refractivity contribution in [3.05, 3.63) is 78.9 Å². The van der Waals surface area contributed by atoms with E-state index in [4.69, 9.17) is 0 Å². The van der Waals surface area contributed by atoms with Crippen LogP contribution in [0.15, 0.2) is 40.6 Å². The van der Waals surface area contributed by atoms with Crippen molar-refractivity contribution in [2.75, 3.05) is 12.3 Å². The molecule has 4 atom stereocenters. The quantitative estimate of drug-likeness (QED) is 0.124. The lowest BCUT2D eigenvalue weighted by Crippen LogP contribution is -2.27. The zero-order chi connectivity index (χ0) is 32.8. The Morgan fingerprint density at radius 2 is 1.51 bits per heavy atom. The number of amides is 1. The van der Waals surface area contributed by atoms with Gasteiger partial charge in [-0.05, 0) is 78.1 Å². The third-order valence-corrected chi connectivity index (χ3v) is 15.4. The zero-order valence-corrected chi connectivity index (χ0v) is 30.2. The number of aldehydes is 3. The fourth-order valence-corrected chi connectivity index (χ4v) is 12.8. The number of allylic oxidation sites excluding steroid dienone is 1. The van der Waals surface area contributed by atoms with E-state index in [1.54, 1.807) is 11.3 Å². The number of thiophene rings is 1. The van der Waals surface area contributed by atoms with Crippen LogP contribution in [0.1, 0.15) is 151 Å². The van der Waals surface area contributed by atoms with Crippen molar-refractivity contribution in [2.45, 2.75) is 98.6 Å². The van der Waals surface area contributed by atoms with Crippen molar-refractivity contribution >= 4 is 82.2 Å². The van der Waals surface area contributed by atoms with Crippen LogP contribution in [0.5, 0.6) is 0 Å². The van der Waals surface area contributed by atoms with E-state index in [0.29, 0.717) is 50.1 Å². The van der Waals surface area contributed by atoms with Gasteiger partial charge in [-0.25, -0.2) is 0 Å². The molecule has 2 fully saturated rings. The fourth-order valence-electron chi connectivity index (χ4n) is 7.33. The van der Waals surface area contributed by atoms with Gasteiger partial charge in [0, 0.05) is 65.6 Å². The molecular weight excluding hydrogens is 663 g/mol. The summed E-state index contributed by atoms with van der Waals surface area (Å²) in [4.78, 5) is 55.7. The standard InChI is InChI=1S/C38H43NO4S4/c1-2-3-4-5-6-7-16-39-38(43)37-27(30-13-15-34(47-30)32-11-9-18-45-32)20-24(21-40)35-28(23-42)26(19-25(22-41)36(35)37)29-12-14-33(46-29)31-10-8-17-44-31/h8,10-11,17,19-23,29-30,33-34H,2-7,9,12-16,18H2,1H3,(H,39,43). The molecule has 248 valence electrons. The molecule has 3 aromatic rings. The van der Waals surface area contributed by atoms with E-state index in [9.17, 15) is 19.2 Å². The highest BCUT2D eigenvalue weighted by atomic mass is 32.2. The van der Waals surface area contributed by atoms with Crippen molar-refractivity contribution in [1.82, 2.24) is 5.32 Å². The maximum Gasteiger partial charge on any atom is 0.252 e. The first-order valence-corrected chi connectivity index (χ1v) is 20.8. The summed E-state index contributed by atoms with van der Waals surface area (Å²) >= 11 is 7.34. The minimum Gasteiger partial charge on any atom is -0.352 e. The van der Waals surface area contributed by atoms with Crippen LogP contribution < -0.4 is 5.32 Å². The maximum atomic E-state index is 14.3. The Kier molecular flexibility index (Phi) is 12.0. The lowest BCUT2D eigenvalue weighted by molar-refractivity contribution is 0.0952. The highest BCUT2D eigenvalue weighted by Gasteiger charge is 2.36. The van der Waals surface area contributed by atoms with E-state index >= 15 is 0 Å². The first kappa shape index (κ1) is 34.5. The summed E-state index contributed by atoms with van der Waals surface area (Å²) in [7, 11) is 0. The fraction of sp³-hybridized carbons (Fsp3) is 0.474. The number of benzene rings is 2. The number of fused-ring (bicyclic) bond motifs is 1. The zero-order valence-electron chi connectivity index (χ0n) is 27.0. The van der Waals surface area contributed by atoms with E-state index in [2.05, 4.69) is 35.8 Å². The topological polar surface area (TPSA) is 80.3 Å². The Bertz CT molecular complexity index is 1650. The molecule has 3 aliphatic rings. The Hall–Kier alpha value is -2.33. The van der Waals surface area contributed by atoms with Gasteiger partial charge in [-0.2, -0.15) is 0 Å². The molecule has 4 heterocycles. The van der Waals surface area contributed by atoms with Crippen LogP contribution >= 0.6 is 46.6 Å². The smallest absolute Gasteiger partial charge is 0.252 e. The van der Waals surface area contributed by atoms with Gasteiger partial charge in [0.2, 0.25) is 0 Å². The van der Waals surface area contributed by atoms with Crippen molar-refractivity contribution in [2.24, 2.45) is 0 Å². The largest absolute Gasteiger partial charge is 0.352 e. The summed E-state index contributed by atoms with van der Waals surface area (Å²) in [5.74, 6) is 0.886. The number of carbonyl (C=O) groups is 4. The number of thioether (sulfide) groups is 3. The van der Waals surface area contributed by atoms with Crippen LogP contribution in [0.25, 0.3) is 10.8 Å². The summed E-state index contributed by atoms with van der Waals surface area (Å²) in [5, 5.41) is 6.86. The van der Waals surface area contributed by atoms with Gasteiger partial charge in [-0.1, -0.05) is 51.2 Å². The average Bonchev–Trinajstić information content (AvgIpc) is 3.93. The van der Waals surface area contributed by atoms with Crippen molar-refractivity contribution in [3.8, 4) is 0 Å². The Morgan fingerprint density at radius 1 is 0.830 bits per heavy atom. The maximum absolute atomic E-state index is 14.3. The van der Waals surface area contributed by atoms with Crippen LogP contribution in [0, 0.1) is 0 Å². The second-order valence-electron chi connectivity index (χ2n) is 12.7. The van der Waals surface area contributed by atoms with Gasteiger partial charge in [0.25, 0.3) is 5.91 Å². The minimum atomic E-state index is -0.227. The highest BCUT2D eigenvalue weighted by Crippen LogP contribution is 2.56. The molecular formula is C38H43NO4S4. The summed E-state index contributed by atoms with van der Waals surface area (Å²) in [6.45, 7) is 2.75. The number of unbranched alkanes of at least 4 members (excludes halogenated alkanes) is 5. The van der Waals surface area contributed by atoms with Crippen LogP contribution in [0.4, 0.5) is 0 Å². The molecule has 9 heteroatoms. The Balaban J connectivity index is 1.42. The molecule has 47 heavy (non-hydrogen) atoms. The molecule has 6 rings (SSSR count). The molecule has 4 unspecified atom stereocenters. The molecule has 0 spiro atoms. The average molecular weight is 706 g/mol. The number of carbonyl (C=O) groups excluding carboxylic acids is 4. The number of hydrogen-bond acceptors (Lipinski definition) is 8. The number of hydrogen-bond donors (Lipinski definition) is 1. The summed E-state index contributed by atoms with van der Waals surface area (Å²) in [5.41, 5.74) is 3.23. The van der Waals surface area contributed by atoms with Gasteiger partial charge in [0.15, 0.2) is 18.9 Å². The monoisotopic (exact) mass is 705 g/mol. The van der Waals surface area contributed by atoms with Gasteiger partial charge in [0.05, 0.1) is 5.56 Å². The lowest BCUT2D eigenvalue weighted by Gasteiger charge is -2.23. The first-order valence-electron chi connectivity index (χ1n) is 17.1. The van der Waals surface area contributed by atoms with Gasteiger partial charge in [-0.15, -0.1) is 46.6 Å². The normalized spacial score (nSPS) is 22.4. The Morgan fingerprint density at radius 3 is 2.21 bits per heavy atom. The van der Waals surface area contributed by atoms with E-state index in [1.165, 1.54) is 29.0 Å². The molecule has 0 saturated carbocycles. The van der Waals surface area contributed by atoms with Crippen molar-refractivity contribution < 1.29 is 19.2 Å². The van der Waals surface area contributed by atoms with Crippen molar-refractivity contribution in [1.29, 1.82) is 0 Å². The van der Waals surface area contributed by atoms with Gasteiger partial charge in [0.1, 0.15) is 0 Å². The van der Waals surface area contributed by atoms with Crippen LogP contribution in [0.3, 0.4) is 0 Å². The van der Waals surface area contributed by atoms with E-state index < -0.39 is 0 Å². The second kappa shape index (κ2) is 16.4. The molecule has 2 aromatic carbocycles. The minimum absolute atomic E-state index is 0.01000. The predicted octanol–water partition coefficient (Wildman–Crippen LogP) is 10.7. The second-order valence-corrected chi connectivity index (χ2v) is 17.6. The van der Waals surface area contributed by atoms with Gasteiger partial charge >= 0.3 is 0 Å². The lowest BCUT2D eigenvalue weighted by atomic mass is 9.84. The van der Waals surface area contributed by atoms with Crippen LogP contribution in [-0.4, -0.2) is 42.3 Å². The van der Waals surface area contributed by atoms with Crippen LogP contribution in [0.2, 0.25) is 0 Å². The first-order chi connectivity index (χ1) is 23.1. The highest BCUT2D eigenvalue weighted by molar-refractivity contribution is 8.06. The molecule has 1 amide bonds. The third kappa shape index (κ3) is 7.48. The summed E-state index contributed by atoms with van der Waals surface area (Å²) < 4.78 is 0. The summed E-state index contributed by atoms with van der Waals surface area (Å²) in [6.07, 6.45) is 16.3. The molecule has 1 N–H and O–H groups in total. The molecule has 0 radical (unpaired) electrons. The SMILES string of the molecule is CCCCCCCCNC(=O)c1c(C2CCC(C3=CCCS3)S2)cc(C=O)c2c(C=O)c(C3CCC(c4cccs4)S3)cc(C=O)c12. The van der Waals surface area contributed by atoms with Gasteiger partial charge < -0.3 is 5.32 Å². The molecule has 0 aliphatic carbocycles. The van der Waals surface area contributed by atoms with Crippen LogP contribution in [-0.2, 0) is 0 Å². The number of nitrogens with one attached hydrogen (secondary N) is 1. The number of rotatable bonds is 15. The van der Waals surface area contributed by atoms with E-state index in [1.807, 2.05) is 47.4 Å². The molecule has 0 bridgehead atoms. The molecule has 2 saturated heterocycles. The summed E-state index contributed by atoms with van der Waals surface area (Å²) in [6, 6.07) is 7.90. The Labute approximate surface area is 294 Å². The van der Waals surface area contributed by atoms with Gasteiger partial charge in [-0.3, -0.25) is 19.2 Å². The molecule has 1 aromatic heterocycles. The predicted molar refractivity (Wildman–Crippen MR) is 201 cm³/mol. The third-order valence-electron chi connectivity index (χ3n) is 9.63. The molecule has 5 nitrogen and oxygen atoms in total. The van der Waals surface area contributed by atoms with Crippen molar-refractivity contribution in [3.63, 3.8) is 0 Å². The molecule has 3 aliphatic heterocycles.